The SMILES string of the molecule is CC1(C)CNCC(COc2ccc(S(N)(=O)=O)cn2)O1. The van der Waals surface area contributed by atoms with Gasteiger partial charge in [-0.1, -0.05) is 0 Å². The first-order chi connectivity index (χ1) is 9.26. The molecule has 1 saturated heterocycles. The molecule has 1 aromatic rings. The molecule has 0 radical (unpaired) electrons. The Bertz CT molecular complexity index is 557. The lowest BCUT2D eigenvalue weighted by Crippen LogP contribution is -2.52. The van der Waals surface area contributed by atoms with Crippen molar-refractivity contribution in [3.8, 4) is 5.88 Å². The Labute approximate surface area is 118 Å². The van der Waals surface area contributed by atoms with Gasteiger partial charge in [0.2, 0.25) is 15.9 Å². The molecule has 0 saturated carbocycles. The smallest absolute Gasteiger partial charge is 0.239 e. The number of nitrogens with two attached hydrogens (primary N) is 1. The lowest BCUT2D eigenvalue weighted by molar-refractivity contribution is -0.107. The molecule has 7 nitrogen and oxygen atoms in total. The van der Waals surface area contributed by atoms with Gasteiger partial charge in [-0.05, 0) is 19.9 Å². The summed E-state index contributed by atoms with van der Waals surface area (Å²) in [5.41, 5.74) is -0.225. The van der Waals surface area contributed by atoms with Crippen LogP contribution in [0.3, 0.4) is 0 Å². The minimum atomic E-state index is -3.72. The van der Waals surface area contributed by atoms with Crippen LogP contribution in [0.4, 0.5) is 0 Å². The van der Waals surface area contributed by atoms with E-state index >= 15 is 0 Å². The number of hydrogen-bond donors (Lipinski definition) is 2. The van der Waals surface area contributed by atoms with Gasteiger partial charge in [-0.3, -0.25) is 0 Å². The van der Waals surface area contributed by atoms with Crippen molar-refractivity contribution in [1.29, 1.82) is 0 Å². The zero-order valence-corrected chi connectivity index (χ0v) is 12.3. The monoisotopic (exact) mass is 301 g/mol. The summed E-state index contributed by atoms with van der Waals surface area (Å²) in [6, 6.07) is 2.84. The number of nitrogens with zero attached hydrogens (tertiary/aromatic N) is 1. The number of rotatable bonds is 4. The molecule has 112 valence electrons. The van der Waals surface area contributed by atoms with Crippen molar-refractivity contribution in [1.82, 2.24) is 10.3 Å². The molecular weight excluding hydrogens is 282 g/mol. The molecule has 1 aromatic heterocycles. The van der Waals surface area contributed by atoms with Gasteiger partial charge in [0.1, 0.15) is 17.6 Å². The first kappa shape index (κ1) is 15.2. The summed E-state index contributed by atoms with van der Waals surface area (Å²) in [5, 5.41) is 8.26. The molecule has 20 heavy (non-hydrogen) atoms. The minimum Gasteiger partial charge on any atom is -0.475 e. The number of pyridine rings is 1. The van der Waals surface area contributed by atoms with E-state index in [2.05, 4.69) is 10.3 Å². The number of aromatic nitrogens is 1. The molecule has 0 aromatic carbocycles. The van der Waals surface area contributed by atoms with Gasteiger partial charge < -0.3 is 14.8 Å². The highest BCUT2D eigenvalue weighted by molar-refractivity contribution is 7.89. The molecule has 0 spiro atoms. The third-order valence-corrected chi connectivity index (χ3v) is 3.76. The van der Waals surface area contributed by atoms with Crippen LogP contribution < -0.4 is 15.2 Å². The van der Waals surface area contributed by atoms with Crippen LogP contribution in [0.2, 0.25) is 0 Å². The number of primary sulfonamides is 1. The number of ether oxygens (including phenoxy) is 2. The van der Waals surface area contributed by atoms with E-state index in [-0.39, 0.29) is 16.6 Å². The van der Waals surface area contributed by atoms with Crippen molar-refractivity contribution in [3.63, 3.8) is 0 Å². The van der Waals surface area contributed by atoms with Gasteiger partial charge >= 0.3 is 0 Å². The maximum atomic E-state index is 11.1. The molecule has 2 heterocycles. The Hall–Kier alpha value is -1.22. The van der Waals surface area contributed by atoms with Crippen LogP contribution in [0.25, 0.3) is 0 Å². The summed E-state index contributed by atoms with van der Waals surface area (Å²) in [6.07, 6.45) is 1.10. The predicted molar refractivity (Wildman–Crippen MR) is 72.9 cm³/mol. The summed E-state index contributed by atoms with van der Waals surface area (Å²) in [4.78, 5) is 3.87. The fourth-order valence-corrected chi connectivity index (χ4v) is 2.42. The molecule has 1 atom stereocenters. The number of sulfonamides is 1. The van der Waals surface area contributed by atoms with E-state index in [1.807, 2.05) is 13.8 Å². The summed E-state index contributed by atoms with van der Waals surface area (Å²) in [7, 11) is -3.72. The van der Waals surface area contributed by atoms with Gasteiger partial charge in [0.25, 0.3) is 0 Å². The Balaban J connectivity index is 1.91. The summed E-state index contributed by atoms with van der Waals surface area (Å²) < 4.78 is 33.5. The summed E-state index contributed by atoms with van der Waals surface area (Å²) >= 11 is 0. The highest BCUT2D eigenvalue weighted by atomic mass is 32.2. The van der Waals surface area contributed by atoms with Crippen LogP contribution in [-0.4, -0.2) is 44.8 Å². The van der Waals surface area contributed by atoms with Crippen molar-refractivity contribution < 1.29 is 17.9 Å². The van der Waals surface area contributed by atoms with Gasteiger partial charge in [-0.25, -0.2) is 18.5 Å². The third kappa shape index (κ3) is 4.14. The lowest BCUT2D eigenvalue weighted by atomic mass is 10.1. The van der Waals surface area contributed by atoms with Gasteiger partial charge in [0, 0.05) is 19.2 Å². The normalized spacial score (nSPS) is 22.4. The van der Waals surface area contributed by atoms with Crippen LogP contribution in [0.5, 0.6) is 5.88 Å². The Morgan fingerprint density at radius 2 is 2.30 bits per heavy atom. The van der Waals surface area contributed by atoms with Crippen LogP contribution in [-0.2, 0) is 14.8 Å². The number of nitrogens with one attached hydrogen (secondary N) is 1. The predicted octanol–water partition coefficient (Wildman–Crippen LogP) is -0.125. The van der Waals surface area contributed by atoms with Crippen molar-refractivity contribution in [3.05, 3.63) is 18.3 Å². The van der Waals surface area contributed by atoms with Gasteiger partial charge in [-0.15, -0.1) is 0 Å². The van der Waals surface area contributed by atoms with Crippen LogP contribution in [0.15, 0.2) is 23.2 Å². The van der Waals surface area contributed by atoms with Gasteiger partial charge in [0.05, 0.1) is 11.8 Å². The number of hydrogen-bond acceptors (Lipinski definition) is 6. The van der Waals surface area contributed by atoms with Crippen LogP contribution in [0, 0.1) is 0 Å². The van der Waals surface area contributed by atoms with E-state index in [4.69, 9.17) is 14.6 Å². The molecule has 2 rings (SSSR count). The first-order valence-electron chi connectivity index (χ1n) is 6.26. The molecule has 0 bridgehead atoms. The van der Waals surface area contributed by atoms with Gasteiger partial charge in [0.15, 0.2) is 0 Å². The van der Waals surface area contributed by atoms with Crippen molar-refractivity contribution in [2.75, 3.05) is 19.7 Å². The molecule has 0 aliphatic carbocycles. The molecule has 1 aliphatic heterocycles. The van der Waals surface area contributed by atoms with E-state index < -0.39 is 10.0 Å². The minimum absolute atomic E-state index is 0.0402. The summed E-state index contributed by atoms with van der Waals surface area (Å²) in [5.74, 6) is 0.337. The first-order valence-corrected chi connectivity index (χ1v) is 7.81. The quantitative estimate of drug-likeness (QED) is 0.803. The average molecular weight is 301 g/mol. The fraction of sp³-hybridized carbons (Fsp3) is 0.583. The molecule has 0 amide bonds. The zero-order valence-electron chi connectivity index (χ0n) is 11.5. The highest BCUT2D eigenvalue weighted by Crippen LogP contribution is 2.16. The van der Waals surface area contributed by atoms with E-state index in [1.54, 1.807) is 0 Å². The topological polar surface area (TPSA) is 104 Å². The van der Waals surface area contributed by atoms with Crippen molar-refractivity contribution in [2.45, 2.75) is 30.4 Å². The molecule has 1 fully saturated rings. The maximum absolute atomic E-state index is 11.1. The van der Waals surface area contributed by atoms with Crippen molar-refractivity contribution in [2.24, 2.45) is 5.14 Å². The van der Waals surface area contributed by atoms with Gasteiger partial charge in [-0.2, -0.15) is 0 Å². The summed E-state index contributed by atoms with van der Waals surface area (Å²) in [6.45, 7) is 5.86. The van der Waals surface area contributed by atoms with E-state index in [9.17, 15) is 8.42 Å². The van der Waals surface area contributed by atoms with E-state index in [0.717, 1.165) is 6.54 Å². The number of morpholine rings is 1. The van der Waals surface area contributed by atoms with Crippen LogP contribution >= 0.6 is 0 Å². The molecule has 3 N–H and O–H groups in total. The Morgan fingerprint density at radius 1 is 1.55 bits per heavy atom. The average Bonchev–Trinajstić information content (AvgIpc) is 2.35. The molecule has 1 unspecified atom stereocenters. The highest BCUT2D eigenvalue weighted by Gasteiger charge is 2.28. The third-order valence-electron chi connectivity index (χ3n) is 2.86. The lowest BCUT2D eigenvalue weighted by Gasteiger charge is -2.36. The second-order valence-electron chi connectivity index (χ2n) is 5.32. The Morgan fingerprint density at radius 3 is 2.85 bits per heavy atom. The molecule has 8 heteroatoms. The standard InChI is InChI=1S/C12H19N3O4S/c1-12(2)8-14-5-9(19-12)7-18-11-4-3-10(6-15-11)20(13,16)17/h3-4,6,9,14H,5,7-8H2,1-2H3,(H2,13,16,17). The Kier molecular flexibility index (Phi) is 4.28. The molecule has 1 aliphatic rings. The zero-order chi connectivity index (χ0) is 14.8. The largest absolute Gasteiger partial charge is 0.475 e. The second-order valence-corrected chi connectivity index (χ2v) is 6.88. The second kappa shape index (κ2) is 5.65. The maximum Gasteiger partial charge on any atom is 0.239 e. The van der Waals surface area contributed by atoms with Crippen LogP contribution in [0.1, 0.15) is 13.8 Å². The van der Waals surface area contributed by atoms with Crippen molar-refractivity contribution >= 4 is 10.0 Å². The molecular formula is C12H19N3O4S. The van der Waals surface area contributed by atoms with E-state index in [1.165, 1.54) is 18.3 Å². The van der Waals surface area contributed by atoms with E-state index in [0.29, 0.717) is 19.0 Å². The fourth-order valence-electron chi connectivity index (χ4n) is 1.96.